The van der Waals surface area contributed by atoms with E-state index in [1.54, 1.807) is 16.9 Å². The molecule has 9 rings (SSSR count). The number of benzene rings is 3. The van der Waals surface area contributed by atoms with Gasteiger partial charge < -0.3 is 14.8 Å². The standard InChI is InChI=1S/C35H40N2.C13H14N2S.C8H14.CH4/c1-23(2)28-15-16-32-33(19-28)37-22-30(26(5)36-20-24(3)17-25(4)21-36)18-29-13-9-10-14-31(29)35(37)34(32)27-11-7-6-8-12-27;1-9(2)10-4-6-11(7-5-10)12-8-15-13(14-3)16-12;1-3-8(2)6-4-5-7-8;/h9-10,13-16,18-19,25,27H,1,3,5-8,11-12,17,20-22H2,2,4H3;4-8H,1H2,2-3H3,(H,14,15);3H,1,4-7H2,2H3;1H4. The summed E-state index contributed by atoms with van der Waals surface area (Å²) in [7, 11) is 1.88. The highest BCUT2D eigenvalue weighted by molar-refractivity contribution is 7.18. The zero-order chi connectivity index (χ0) is 43.3. The van der Waals surface area contributed by atoms with Gasteiger partial charge in [-0.15, -0.1) is 6.58 Å². The van der Waals surface area contributed by atoms with E-state index in [1.807, 2.05) is 20.2 Å². The molecule has 326 valence electrons. The van der Waals surface area contributed by atoms with Crippen LogP contribution in [0.1, 0.15) is 128 Å². The van der Waals surface area contributed by atoms with Gasteiger partial charge in [0, 0.05) is 48.5 Å². The summed E-state index contributed by atoms with van der Waals surface area (Å²) in [5.41, 5.74) is 17.1. The van der Waals surface area contributed by atoms with Gasteiger partial charge in [-0.25, -0.2) is 4.98 Å². The van der Waals surface area contributed by atoms with Gasteiger partial charge in [0.25, 0.3) is 0 Å². The van der Waals surface area contributed by atoms with Gasteiger partial charge in [0.2, 0.25) is 0 Å². The van der Waals surface area contributed by atoms with Crippen LogP contribution in [0, 0.1) is 11.3 Å². The lowest BCUT2D eigenvalue weighted by molar-refractivity contribution is 0.278. The number of hydrogen-bond donors (Lipinski definition) is 1. The maximum Gasteiger partial charge on any atom is 0.182 e. The summed E-state index contributed by atoms with van der Waals surface area (Å²) in [4.78, 5) is 7.90. The van der Waals surface area contributed by atoms with Gasteiger partial charge in [-0.2, -0.15) is 0 Å². The van der Waals surface area contributed by atoms with Crippen LogP contribution in [0.25, 0.3) is 49.8 Å². The molecule has 1 N–H and O–H groups in total. The van der Waals surface area contributed by atoms with Crippen molar-refractivity contribution in [3.8, 4) is 21.7 Å². The molecule has 3 aromatic carbocycles. The highest BCUT2D eigenvalue weighted by Gasteiger charge is 2.31. The minimum absolute atomic E-state index is 0. The van der Waals surface area contributed by atoms with Crippen molar-refractivity contribution in [1.82, 2.24) is 14.5 Å². The van der Waals surface area contributed by atoms with Crippen molar-refractivity contribution in [2.24, 2.45) is 11.3 Å². The minimum atomic E-state index is 0. The van der Waals surface area contributed by atoms with Crippen LogP contribution in [0.15, 0.2) is 129 Å². The van der Waals surface area contributed by atoms with Crippen molar-refractivity contribution < 1.29 is 0 Å². The van der Waals surface area contributed by atoms with Crippen LogP contribution in [0.5, 0.6) is 0 Å². The Labute approximate surface area is 378 Å². The third-order valence-electron chi connectivity index (χ3n) is 13.4. The summed E-state index contributed by atoms with van der Waals surface area (Å²) in [6, 6.07) is 24.4. The van der Waals surface area contributed by atoms with Crippen molar-refractivity contribution >= 4 is 44.6 Å². The fourth-order valence-corrected chi connectivity index (χ4v) is 10.7. The molecular formula is C57H72N4S. The molecule has 3 fully saturated rings. The van der Waals surface area contributed by atoms with E-state index in [4.69, 9.17) is 0 Å². The SMILES string of the molecule is C.C=C(C)c1ccc(-c2cnc(NC)s2)cc1.C=C1CC(C)CN(C(=C)C2=Cc3ccccc3-c3c(C4CCCCC4)c4ccc(C(=C)C)cc4n3C2)C1.C=CC1(C)CCCC1. The number of nitrogens with one attached hydrogen (secondary N) is 1. The summed E-state index contributed by atoms with van der Waals surface area (Å²) < 4.78 is 2.61. The van der Waals surface area contributed by atoms with Crippen molar-refractivity contribution in [2.75, 3.05) is 25.5 Å². The first kappa shape index (κ1) is 46.4. The summed E-state index contributed by atoms with van der Waals surface area (Å²) in [5.74, 6) is 1.22. The quantitative estimate of drug-likeness (QED) is 0.158. The number of allylic oxidation sites excluding steroid dienone is 4. The highest BCUT2D eigenvalue weighted by Crippen LogP contribution is 2.47. The van der Waals surface area contributed by atoms with Crippen LogP contribution in [0.3, 0.4) is 0 Å². The summed E-state index contributed by atoms with van der Waals surface area (Å²) in [5, 5.41) is 5.41. The van der Waals surface area contributed by atoms with E-state index < -0.39 is 0 Å². The Morgan fingerprint density at radius 2 is 1.56 bits per heavy atom. The molecule has 0 amide bonds. The lowest BCUT2D eigenvalue weighted by atomic mass is 9.81. The van der Waals surface area contributed by atoms with Gasteiger partial charge in [0.05, 0.1) is 17.1 Å². The van der Waals surface area contributed by atoms with Crippen molar-refractivity contribution in [3.63, 3.8) is 0 Å². The van der Waals surface area contributed by atoms with E-state index in [-0.39, 0.29) is 7.43 Å². The molecule has 0 radical (unpaired) electrons. The lowest BCUT2D eigenvalue weighted by Crippen LogP contribution is -2.35. The Hall–Kier alpha value is -5.13. The van der Waals surface area contributed by atoms with Crippen molar-refractivity contribution in [2.45, 2.75) is 112 Å². The first-order valence-electron chi connectivity index (χ1n) is 22.6. The molecule has 2 aliphatic carbocycles. The molecule has 1 unspecified atom stereocenters. The third-order valence-corrected chi connectivity index (χ3v) is 14.5. The molecule has 5 aromatic rings. The van der Waals surface area contributed by atoms with Crippen LogP contribution < -0.4 is 5.32 Å². The van der Waals surface area contributed by atoms with E-state index in [9.17, 15) is 0 Å². The lowest BCUT2D eigenvalue weighted by Gasteiger charge is -2.36. The van der Waals surface area contributed by atoms with Gasteiger partial charge in [-0.05, 0) is 109 Å². The molecule has 62 heavy (non-hydrogen) atoms. The maximum absolute atomic E-state index is 4.67. The Kier molecular flexibility index (Phi) is 15.2. The number of nitrogens with zero attached hydrogens (tertiary/aromatic N) is 3. The molecule has 2 aliphatic heterocycles. The van der Waals surface area contributed by atoms with E-state index in [2.05, 4.69) is 152 Å². The van der Waals surface area contributed by atoms with E-state index in [0.29, 0.717) is 17.3 Å². The van der Waals surface area contributed by atoms with Gasteiger partial charge >= 0.3 is 0 Å². The first-order chi connectivity index (χ1) is 29.4. The fourth-order valence-electron chi connectivity index (χ4n) is 9.89. The summed E-state index contributed by atoms with van der Waals surface area (Å²) >= 11 is 1.66. The number of thiazole rings is 1. The molecule has 0 spiro atoms. The molecule has 2 saturated carbocycles. The van der Waals surface area contributed by atoms with E-state index in [0.717, 1.165) is 48.0 Å². The number of aromatic nitrogens is 2. The van der Waals surface area contributed by atoms with Crippen LogP contribution in [-0.4, -0.2) is 34.6 Å². The number of fused-ring (bicyclic) bond motifs is 5. The summed E-state index contributed by atoms with van der Waals surface area (Å²) in [6.07, 6.45) is 19.7. The van der Waals surface area contributed by atoms with Gasteiger partial charge in [-0.1, -0.05) is 174 Å². The molecule has 1 saturated heterocycles. The fraction of sp³-hybridized carbons (Fsp3) is 0.386. The molecule has 1 atom stereocenters. The van der Waals surface area contributed by atoms with E-state index in [1.165, 1.54) is 118 Å². The molecule has 0 bridgehead atoms. The molecule has 4 nitrogen and oxygen atoms in total. The average Bonchev–Trinajstić information content (AvgIpc) is 3.99. The number of anilines is 1. The maximum atomic E-state index is 4.67. The Balaban J connectivity index is 0.000000210. The molecule has 4 heterocycles. The second-order valence-electron chi connectivity index (χ2n) is 18.5. The predicted molar refractivity (Wildman–Crippen MR) is 275 cm³/mol. The van der Waals surface area contributed by atoms with Gasteiger partial charge in [0.15, 0.2) is 5.13 Å². The normalized spacial score (nSPS) is 18.0. The zero-order valence-electron chi connectivity index (χ0n) is 37.7. The Morgan fingerprint density at radius 3 is 2.18 bits per heavy atom. The van der Waals surface area contributed by atoms with Crippen LogP contribution in [0.2, 0.25) is 0 Å². The highest BCUT2D eigenvalue weighted by atomic mass is 32.1. The molecule has 4 aliphatic rings. The third kappa shape index (κ3) is 10.4. The summed E-state index contributed by atoms with van der Waals surface area (Å²) in [6.45, 7) is 32.6. The average molecular weight is 845 g/mol. The smallest absolute Gasteiger partial charge is 0.182 e. The predicted octanol–water partition coefficient (Wildman–Crippen LogP) is 16.5. The Morgan fingerprint density at radius 1 is 0.887 bits per heavy atom. The van der Waals surface area contributed by atoms with Gasteiger partial charge in [-0.3, -0.25) is 0 Å². The minimum Gasteiger partial charge on any atom is -0.367 e. The molecule has 5 heteroatoms. The number of hydrogen-bond acceptors (Lipinski definition) is 4. The van der Waals surface area contributed by atoms with Crippen molar-refractivity contribution in [1.29, 1.82) is 0 Å². The van der Waals surface area contributed by atoms with E-state index >= 15 is 0 Å². The first-order valence-corrected chi connectivity index (χ1v) is 23.5. The van der Waals surface area contributed by atoms with Crippen LogP contribution in [-0.2, 0) is 6.54 Å². The zero-order valence-corrected chi connectivity index (χ0v) is 38.5. The number of rotatable bonds is 8. The Bertz CT molecular complexity index is 2440. The molecule has 2 aromatic heterocycles. The monoisotopic (exact) mass is 845 g/mol. The largest absolute Gasteiger partial charge is 0.367 e. The molecular weight excluding hydrogens is 773 g/mol. The van der Waals surface area contributed by atoms with Gasteiger partial charge in [0.1, 0.15) is 0 Å². The number of likely N-dealkylation sites (tertiary alicyclic amines) is 1. The van der Waals surface area contributed by atoms with Crippen LogP contribution in [0.4, 0.5) is 5.13 Å². The van der Waals surface area contributed by atoms with Crippen molar-refractivity contribution in [3.05, 3.63) is 151 Å². The second kappa shape index (κ2) is 20.4. The number of piperidine rings is 1. The second-order valence-corrected chi connectivity index (χ2v) is 19.6. The topological polar surface area (TPSA) is 33.1 Å². The van der Waals surface area contributed by atoms with Crippen LogP contribution >= 0.6 is 11.3 Å².